The Bertz CT molecular complexity index is 335. The number of amides is 1. The summed E-state index contributed by atoms with van der Waals surface area (Å²) in [7, 11) is 0. The molecule has 1 saturated carbocycles. The van der Waals surface area contributed by atoms with Crippen LogP contribution in [0.2, 0.25) is 0 Å². The van der Waals surface area contributed by atoms with E-state index in [9.17, 15) is 9.90 Å². The van der Waals surface area contributed by atoms with Crippen LogP contribution in [0.5, 0.6) is 0 Å². The van der Waals surface area contributed by atoms with E-state index in [4.69, 9.17) is 0 Å². The Labute approximate surface area is 135 Å². The van der Waals surface area contributed by atoms with Crippen molar-refractivity contribution in [3.8, 4) is 0 Å². The van der Waals surface area contributed by atoms with Gasteiger partial charge in [-0.2, -0.15) is 0 Å². The first-order valence-corrected chi connectivity index (χ1v) is 9.42. The first kappa shape index (κ1) is 17.7. The van der Waals surface area contributed by atoms with Crippen LogP contribution in [0, 0.1) is 5.92 Å². The molecule has 3 atom stereocenters. The molecule has 2 aliphatic rings. The monoisotopic (exact) mass is 310 g/mol. The lowest BCUT2D eigenvalue weighted by molar-refractivity contribution is -0.127. The number of hydrogen-bond acceptors (Lipinski definition) is 3. The Morgan fingerprint density at radius 3 is 2.73 bits per heavy atom. The summed E-state index contributed by atoms with van der Waals surface area (Å²) in [5, 5.41) is 13.3. The molecule has 0 aromatic carbocycles. The lowest BCUT2D eigenvalue weighted by Gasteiger charge is -2.41. The van der Waals surface area contributed by atoms with Gasteiger partial charge in [-0.05, 0) is 38.6 Å². The molecule has 1 saturated heterocycles. The van der Waals surface area contributed by atoms with Gasteiger partial charge in [0.15, 0.2) is 0 Å². The summed E-state index contributed by atoms with van der Waals surface area (Å²) in [6, 6.07) is 0.286. The second-order valence-electron chi connectivity index (χ2n) is 7.10. The summed E-state index contributed by atoms with van der Waals surface area (Å²) in [5.74, 6) is 0.348. The molecule has 1 aliphatic carbocycles. The predicted octanol–water partition coefficient (Wildman–Crippen LogP) is 2.70. The Kier molecular flexibility index (Phi) is 7.67. The minimum absolute atomic E-state index is 0.119. The number of unbranched alkanes of at least 4 members (excludes halogenated alkanes) is 3. The van der Waals surface area contributed by atoms with Crippen molar-refractivity contribution in [2.45, 2.75) is 83.3 Å². The van der Waals surface area contributed by atoms with Crippen molar-refractivity contribution in [2.24, 2.45) is 5.92 Å². The van der Waals surface area contributed by atoms with Crippen LogP contribution in [0.1, 0.15) is 71.1 Å². The molecule has 2 rings (SSSR count). The van der Waals surface area contributed by atoms with E-state index in [2.05, 4.69) is 17.1 Å². The number of rotatable bonds is 7. The molecule has 4 heteroatoms. The molecule has 3 unspecified atom stereocenters. The Hall–Kier alpha value is -0.610. The van der Waals surface area contributed by atoms with Gasteiger partial charge in [-0.3, -0.25) is 9.69 Å². The molecule has 2 N–H and O–H groups in total. The van der Waals surface area contributed by atoms with Crippen LogP contribution in [0.25, 0.3) is 0 Å². The fourth-order valence-electron chi connectivity index (χ4n) is 3.95. The third-order valence-corrected chi connectivity index (χ3v) is 5.32. The largest absolute Gasteiger partial charge is 0.391 e. The molecule has 4 nitrogen and oxygen atoms in total. The number of carbonyl (C=O) groups excluding carboxylic acids is 1. The molecule has 128 valence electrons. The van der Waals surface area contributed by atoms with Gasteiger partial charge in [0.2, 0.25) is 5.91 Å². The van der Waals surface area contributed by atoms with Gasteiger partial charge in [-0.15, -0.1) is 0 Å². The first-order valence-electron chi connectivity index (χ1n) is 9.42. The lowest BCUT2D eigenvalue weighted by Crippen LogP contribution is -2.52. The van der Waals surface area contributed by atoms with Crippen molar-refractivity contribution in [1.82, 2.24) is 10.2 Å². The summed E-state index contributed by atoms with van der Waals surface area (Å²) in [6.45, 7) is 4.90. The molecule has 2 fully saturated rings. The van der Waals surface area contributed by atoms with Gasteiger partial charge in [0.05, 0.1) is 12.0 Å². The van der Waals surface area contributed by atoms with Crippen LogP contribution in [-0.4, -0.2) is 47.7 Å². The average molecular weight is 310 g/mol. The van der Waals surface area contributed by atoms with E-state index in [0.29, 0.717) is 0 Å². The molecule has 0 radical (unpaired) electrons. The van der Waals surface area contributed by atoms with E-state index in [0.717, 1.165) is 58.2 Å². The maximum atomic E-state index is 12.3. The van der Waals surface area contributed by atoms with Gasteiger partial charge in [-0.25, -0.2) is 0 Å². The minimum atomic E-state index is -0.190. The fraction of sp³-hybridized carbons (Fsp3) is 0.944. The number of piperidine rings is 1. The summed E-state index contributed by atoms with van der Waals surface area (Å²) < 4.78 is 0. The smallest absolute Gasteiger partial charge is 0.224 e. The average Bonchev–Trinajstić information content (AvgIpc) is 2.55. The maximum absolute atomic E-state index is 12.3. The van der Waals surface area contributed by atoms with E-state index in [1.807, 2.05) is 0 Å². The molecular weight excluding hydrogens is 276 g/mol. The third-order valence-electron chi connectivity index (χ3n) is 5.32. The van der Waals surface area contributed by atoms with Crippen molar-refractivity contribution in [1.29, 1.82) is 0 Å². The summed E-state index contributed by atoms with van der Waals surface area (Å²) in [6.07, 6.45) is 11.1. The highest BCUT2D eigenvalue weighted by Gasteiger charge is 2.33. The SMILES string of the molecule is CCCCCCNC(=O)C1CCCN(C2CCCCC2O)C1. The van der Waals surface area contributed by atoms with E-state index in [1.54, 1.807) is 0 Å². The second-order valence-corrected chi connectivity index (χ2v) is 7.10. The molecule has 0 aromatic rings. The number of hydrogen-bond donors (Lipinski definition) is 2. The molecule has 1 aliphatic heterocycles. The van der Waals surface area contributed by atoms with Crippen LogP contribution in [0.4, 0.5) is 0 Å². The number of nitrogens with one attached hydrogen (secondary N) is 1. The maximum Gasteiger partial charge on any atom is 0.224 e. The minimum Gasteiger partial charge on any atom is -0.391 e. The number of carbonyl (C=O) groups is 1. The zero-order valence-electron chi connectivity index (χ0n) is 14.2. The summed E-state index contributed by atoms with van der Waals surface area (Å²) >= 11 is 0. The van der Waals surface area contributed by atoms with Crippen LogP contribution in [-0.2, 0) is 4.79 Å². The summed E-state index contributed by atoms with van der Waals surface area (Å²) in [4.78, 5) is 14.7. The van der Waals surface area contributed by atoms with Gasteiger partial charge in [0, 0.05) is 19.1 Å². The van der Waals surface area contributed by atoms with E-state index >= 15 is 0 Å². The summed E-state index contributed by atoms with van der Waals surface area (Å²) in [5.41, 5.74) is 0. The standard InChI is InChI=1S/C18H34N2O2/c1-2-3-4-7-12-19-18(22)15-9-8-13-20(14-15)16-10-5-6-11-17(16)21/h15-17,21H,2-14H2,1H3,(H,19,22). The molecule has 22 heavy (non-hydrogen) atoms. The van der Waals surface area contributed by atoms with Crippen LogP contribution >= 0.6 is 0 Å². The number of likely N-dealkylation sites (tertiary alicyclic amines) is 1. The number of nitrogens with zero attached hydrogens (tertiary/aromatic N) is 1. The highest BCUT2D eigenvalue weighted by atomic mass is 16.3. The van der Waals surface area contributed by atoms with Gasteiger partial charge < -0.3 is 10.4 Å². The Morgan fingerprint density at radius 2 is 1.95 bits per heavy atom. The molecule has 1 amide bonds. The third kappa shape index (κ3) is 5.24. The van der Waals surface area contributed by atoms with Crippen molar-refractivity contribution in [3.05, 3.63) is 0 Å². The lowest BCUT2D eigenvalue weighted by atomic mass is 9.88. The topological polar surface area (TPSA) is 52.6 Å². The Morgan fingerprint density at radius 1 is 1.14 bits per heavy atom. The molecule has 0 spiro atoms. The fourth-order valence-corrected chi connectivity index (χ4v) is 3.95. The first-order chi connectivity index (χ1) is 10.7. The van der Waals surface area contributed by atoms with Crippen LogP contribution in [0.3, 0.4) is 0 Å². The van der Waals surface area contributed by atoms with Crippen molar-refractivity contribution >= 4 is 5.91 Å². The van der Waals surface area contributed by atoms with Crippen molar-refractivity contribution in [2.75, 3.05) is 19.6 Å². The zero-order valence-corrected chi connectivity index (χ0v) is 14.2. The zero-order chi connectivity index (χ0) is 15.8. The molecule has 0 aromatic heterocycles. The van der Waals surface area contributed by atoms with Crippen LogP contribution in [0.15, 0.2) is 0 Å². The van der Waals surface area contributed by atoms with E-state index in [1.165, 1.54) is 25.7 Å². The van der Waals surface area contributed by atoms with Gasteiger partial charge >= 0.3 is 0 Å². The normalized spacial score (nSPS) is 30.2. The van der Waals surface area contributed by atoms with Crippen molar-refractivity contribution < 1.29 is 9.90 Å². The Balaban J connectivity index is 1.73. The number of aliphatic hydroxyl groups is 1. The molecule has 1 heterocycles. The number of aliphatic hydroxyl groups excluding tert-OH is 1. The van der Waals surface area contributed by atoms with E-state index in [-0.39, 0.29) is 24.0 Å². The van der Waals surface area contributed by atoms with Crippen LogP contribution < -0.4 is 5.32 Å². The van der Waals surface area contributed by atoms with E-state index < -0.39 is 0 Å². The predicted molar refractivity (Wildman–Crippen MR) is 89.7 cm³/mol. The quantitative estimate of drug-likeness (QED) is 0.711. The molecule has 0 bridgehead atoms. The highest BCUT2D eigenvalue weighted by Crippen LogP contribution is 2.27. The second kappa shape index (κ2) is 9.51. The van der Waals surface area contributed by atoms with Crippen molar-refractivity contribution in [3.63, 3.8) is 0 Å². The van der Waals surface area contributed by atoms with Gasteiger partial charge in [-0.1, -0.05) is 39.0 Å². The van der Waals surface area contributed by atoms with Gasteiger partial charge in [0.25, 0.3) is 0 Å². The molecular formula is C18H34N2O2. The highest BCUT2D eigenvalue weighted by molar-refractivity contribution is 5.78. The van der Waals surface area contributed by atoms with Gasteiger partial charge in [0.1, 0.15) is 0 Å².